The summed E-state index contributed by atoms with van der Waals surface area (Å²) in [6.07, 6.45) is 2.71. The average Bonchev–Trinajstić information content (AvgIpc) is 3.23. The van der Waals surface area contributed by atoms with Crippen LogP contribution < -0.4 is 10.0 Å². The quantitative estimate of drug-likeness (QED) is 0.243. The van der Waals surface area contributed by atoms with Gasteiger partial charge in [0.2, 0.25) is 10.0 Å². The van der Waals surface area contributed by atoms with Crippen molar-refractivity contribution in [3.8, 4) is 5.75 Å². The van der Waals surface area contributed by atoms with Gasteiger partial charge in [-0.3, -0.25) is 9.52 Å². The van der Waals surface area contributed by atoms with Crippen molar-refractivity contribution in [1.82, 2.24) is 10.3 Å². The van der Waals surface area contributed by atoms with Gasteiger partial charge < -0.3 is 10.4 Å². The Hall–Kier alpha value is -3.43. The van der Waals surface area contributed by atoms with Gasteiger partial charge in [0.15, 0.2) is 5.13 Å². The van der Waals surface area contributed by atoms with Crippen LogP contribution in [0.2, 0.25) is 0 Å². The first-order chi connectivity index (χ1) is 17.9. The van der Waals surface area contributed by atoms with E-state index in [0.29, 0.717) is 17.2 Å². The number of aryl methyl sites for hydroxylation is 1. The third kappa shape index (κ3) is 7.11. The maximum absolute atomic E-state index is 12.8. The van der Waals surface area contributed by atoms with Gasteiger partial charge >= 0.3 is 0 Å². The van der Waals surface area contributed by atoms with E-state index in [9.17, 15) is 18.3 Å². The van der Waals surface area contributed by atoms with Gasteiger partial charge in [-0.2, -0.15) is 0 Å². The zero-order valence-corrected chi connectivity index (χ0v) is 23.6. The SMILES string of the molecule is CC(C)(C)c1ccc(CCC(CNC(=O)c2ccccc2O)c2ccc3nc(NS(C)(=O)=O)sc3c2)cc1. The van der Waals surface area contributed by atoms with Crippen LogP contribution in [0.4, 0.5) is 5.13 Å². The molecule has 0 radical (unpaired) electrons. The fourth-order valence-corrected chi connectivity index (χ4v) is 6.02. The Morgan fingerprint density at radius 3 is 2.42 bits per heavy atom. The van der Waals surface area contributed by atoms with E-state index in [-0.39, 0.29) is 28.6 Å². The van der Waals surface area contributed by atoms with Crippen LogP contribution in [0.3, 0.4) is 0 Å². The lowest BCUT2D eigenvalue weighted by atomic mass is 9.86. The number of rotatable bonds is 9. The monoisotopic (exact) mass is 551 g/mol. The maximum atomic E-state index is 12.8. The molecule has 9 heteroatoms. The third-order valence-corrected chi connectivity index (χ3v) is 8.04. The molecule has 1 amide bonds. The Kier molecular flexibility index (Phi) is 8.08. The first kappa shape index (κ1) is 27.6. The minimum Gasteiger partial charge on any atom is -0.507 e. The molecule has 0 spiro atoms. The number of para-hydroxylation sites is 1. The van der Waals surface area contributed by atoms with Crippen LogP contribution in [-0.4, -0.2) is 37.2 Å². The Labute approximate surface area is 228 Å². The second kappa shape index (κ2) is 11.1. The number of fused-ring (bicyclic) bond motifs is 1. The number of sulfonamides is 1. The topological polar surface area (TPSA) is 108 Å². The van der Waals surface area contributed by atoms with E-state index < -0.39 is 10.0 Å². The number of hydrogen-bond donors (Lipinski definition) is 3. The molecule has 0 fully saturated rings. The Morgan fingerprint density at radius 1 is 1.05 bits per heavy atom. The smallest absolute Gasteiger partial charge is 0.255 e. The van der Waals surface area contributed by atoms with Crippen LogP contribution in [0.15, 0.2) is 66.7 Å². The first-order valence-electron chi connectivity index (χ1n) is 12.4. The summed E-state index contributed by atoms with van der Waals surface area (Å²) in [6, 6.07) is 21.0. The number of aromatic hydroxyl groups is 1. The van der Waals surface area contributed by atoms with E-state index in [4.69, 9.17) is 0 Å². The van der Waals surface area contributed by atoms with Crippen molar-refractivity contribution >= 4 is 42.6 Å². The first-order valence-corrected chi connectivity index (χ1v) is 15.1. The number of phenolic OH excluding ortho intramolecular Hbond substituents is 1. The fourth-order valence-electron chi connectivity index (χ4n) is 4.27. The van der Waals surface area contributed by atoms with Crippen LogP contribution >= 0.6 is 11.3 Å². The molecule has 0 aliphatic rings. The summed E-state index contributed by atoms with van der Waals surface area (Å²) >= 11 is 1.28. The van der Waals surface area contributed by atoms with E-state index in [2.05, 4.69) is 60.1 Å². The lowest BCUT2D eigenvalue weighted by Crippen LogP contribution is -2.28. The van der Waals surface area contributed by atoms with Crippen molar-refractivity contribution in [1.29, 1.82) is 0 Å². The molecule has 4 rings (SSSR count). The summed E-state index contributed by atoms with van der Waals surface area (Å²) in [4.78, 5) is 17.2. The largest absolute Gasteiger partial charge is 0.507 e. The average molecular weight is 552 g/mol. The molecule has 0 bridgehead atoms. The molecule has 3 N–H and O–H groups in total. The Bertz CT molecular complexity index is 1540. The molecule has 0 aliphatic carbocycles. The molecule has 0 saturated heterocycles. The minimum absolute atomic E-state index is 0.00934. The van der Waals surface area contributed by atoms with E-state index in [0.717, 1.165) is 29.4 Å². The second-order valence-corrected chi connectivity index (χ2v) is 13.3. The number of thiazole rings is 1. The van der Waals surface area contributed by atoms with Crippen molar-refractivity contribution in [2.24, 2.45) is 0 Å². The number of carbonyl (C=O) groups is 1. The standard InChI is InChI=1S/C29H33N3O4S2/c1-29(2,3)22-14-10-19(11-15-22)9-12-21(18-30-27(34)23-7-5-6-8-25(23)33)20-13-16-24-26(17-20)37-28(31-24)32-38(4,35)36/h5-8,10-11,13-17,21,33H,9,12,18H2,1-4H3,(H,30,34)(H,31,32). The summed E-state index contributed by atoms with van der Waals surface area (Å²) in [5.74, 6) is -0.400. The number of hydrogen-bond acceptors (Lipinski definition) is 6. The highest BCUT2D eigenvalue weighted by molar-refractivity contribution is 7.92. The van der Waals surface area contributed by atoms with Crippen LogP contribution in [0.25, 0.3) is 10.2 Å². The summed E-state index contributed by atoms with van der Waals surface area (Å²) in [5, 5.41) is 13.4. The molecule has 3 aromatic carbocycles. The van der Waals surface area contributed by atoms with Gasteiger partial charge in [0.25, 0.3) is 5.91 Å². The molecule has 1 atom stereocenters. The number of phenols is 1. The lowest BCUT2D eigenvalue weighted by molar-refractivity contribution is 0.0948. The number of amides is 1. The molecule has 0 saturated carbocycles. The van der Waals surface area contributed by atoms with Gasteiger partial charge in [0.1, 0.15) is 5.75 Å². The van der Waals surface area contributed by atoms with Crippen molar-refractivity contribution in [2.75, 3.05) is 17.5 Å². The Balaban J connectivity index is 1.56. The lowest BCUT2D eigenvalue weighted by Gasteiger charge is -2.20. The van der Waals surface area contributed by atoms with Gasteiger partial charge in [-0.15, -0.1) is 0 Å². The molecule has 1 aromatic heterocycles. The predicted molar refractivity (Wildman–Crippen MR) is 155 cm³/mol. The second-order valence-electron chi connectivity index (χ2n) is 10.5. The molecular weight excluding hydrogens is 518 g/mol. The minimum atomic E-state index is -3.42. The van der Waals surface area contributed by atoms with E-state index in [1.54, 1.807) is 18.2 Å². The molecule has 1 unspecified atom stereocenters. The molecule has 200 valence electrons. The summed E-state index contributed by atoms with van der Waals surface area (Å²) < 4.78 is 26.6. The van der Waals surface area contributed by atoms with Gasteiger partial charge in [-0.05, 0) is 59.2 Å². The highest BCUT2D eigenvalue weighted by Crippen LogP contribution is 2.31. The molecule has 4 aromatic rings. The Morgan fingerprint density at radius 2 is 1.76 bits per heavy atom. The van der Waals surface area contributed by atoms with E-state index in [1.165, 1.54) is 28.5 Å². The van der Waals surface area contributed by atoms with E-state index in [1.807, 2.05) is 18.2 Å². The van der Waals surface area contributed by atoms with Crippen molar-refractivity contribution < 1.29 is 18.3 Å². The molecule has 38 heavy (non-hydrogen) atoms. The van der Waals surface area contributed by atoms with Gasteiger partial charge in [0, 0.05) is 12.5 Å². The van der Waals surface area contributed by atoms with Crippen LogP contribution in [0, 0.1) is 0 Å². The highest BCUT2D eigenvalue weighted by Gasteiger charge is 2.18. The van der Waals surface area contributed by atoms with Gasteiger partial charge in [0.05, 0.1) is 22.0 Å². The van der Waals surface area contributed by atoms with Gasteiger partial charge in [-0.1, -0.05) is 74.6 Å². The third-order valence-electron chi connectivity index (χ3n) is 6.42. The van der Waals surface area contributed by atoms with Crippen molar-refractivity contribution in [3.63, 3.8) is 0 Å². The number of nitrogens with zero attached hydrogens (tertiary/aromatic N) is 1. The zero-order valence-electron chi connectivity index (χ0n) is 22.0. The number of aromatic nitrogens is 1. The van der Waals surface area contributed by atoms with Crippen LogP contribution in [0.1, 0.15) is 60.2 Å². The number of nitrogens with one attached hydrogen (secondary N) is 2. The molecular formula is C29H33N3O4S2. The fraction of sp³-hybridized carbons (Fsp3) is 0.310. The molecule has 0 aliphatic heterocycles. The number of anilines is 1. The normalized spacial score (nSPS) is 12.8. The van der Waals surface area contributed by atoms with Crippen molar-refractivity contribution in [3.05, 3.63) is 89.0 Å². The number of carbonyl (C=O) groups excluding carboxylic acids is 1. The number of benzene rings is 3. The van der Waals surface area contributed by atoms with Gasteiger partial charge in [-0.25, -0.2) is 13.4 Å². The predicted octanol–water partition coefficient (Wildman–Crippen LogP) is 5.82. The van der Waals surface area contributed by atoms with Crippen LogP contribution in [0.5, 0.6) is 5.75 Å². The highest BCUT2D eigenvalue weighted by atomic mass is 32.2. The van der Waals surface area contributed by atoms with E-state index >= 15 is 0 Å². The van der Waals surface area contributed by atoms with Crippen molar-refractivity contribution in [2.45, 2.75) is 44.9 Å². The summed E-state index contributed by atoms with van der Waals surface area (Å²) in [6.45, 7) is 6.96. The summed E-state index contributed by atoms with van der Waals surface area (Å²) in [5.41, 5.74) is 4.55. The molecule has 1 heterocycles. The molecule has 7 nitrogen and oxygen atoms in total. The maximum Gasteiger partial charge on any atom is 0.255 e. The summed E-state index contributed by atoms with van der Waals surface area (Å²) in [7, 11) is -3.42. The van der Waals surface area contributed by atoms with Crippen LogP contribution in [-0.2, 0) is 21.9 Å². The zero-order chi connectivity index (χ0) is 27.5.